The third-order valence-corrected chi connectivity index (χ3v) is 3.32. The first-order valence-corrected chi connectivity index (χ1v) is 6.11. The molecule has 0 aliphatic rings. The summed E-state index contributed by atoms with van der Waals surface area (Å²) in [5.74, 6) is 0. The van der Waals surface area contributed by atoms with Crippen molar-refractivity contribution in [1.82, 2.24) is 4.57 Å². The van der Waals surface area contributed by atoms with E-state index in [4.69, 9.17) is 5.73 Å². The summed E-state index contributed by atoms with van der Waals surface area (Å²) in [5, 5.41) is 2.33. The molecule has 2 aromatic carbocycles. The molecule has 1 aromatic heterocycles. The number of benzene rings is 2. The SMILES string of the molecule is NCC(F)Cn1c2ccccc2c2ccccc21. The number of nitrogens with zero attached hydrogens (tertiary/aromatic N) is 1. The predicted octanol–water partition coefficient (Wildman–Crippen LogP) is 3.09. The zero-order chi connectivity index (χ0) is 12.5. The van der Waals surface area contributed by atoms with Crippen LogP contribution in [0.2, 0.25) is 0 Å². The number of halogens is 1. The molecule has 0 fully saturated rings. The molecule has 0 amide bonds. The van der Waals surface area contributed by atoms with Crippen LogP contribution in [0, 0.1) is 0 Å². The average Bonchev–Trinajstić information content (AvgIpc) is 2.74. The molecule has 92 valence electrons. The van der Waals surface area contributed by atoms with Crippen LogP contribution in [0.5, 0.6) is 0 Å². The highest BCUT2D eigenvalue weighted by molar-refractivity contribution is 6.07. The molecule has 0 aliphatic heterocycles. The Labute approximate surface area is 105 Å². The van der Waals surface area contributed by atoms with Gasteiger partial charge in [0.15, 0.2) is 0 Å². The van der Waals surface area contributed by atoms with Crippen molar-refractivity contribution in [1.29, 1.82) is 0 Å². The lowest BCUT2D eigenvalue weighted by Gasteiger charge is -2.09. The minimum absolute atomic E-state index is 0.0564. The molecule has 3 heteroatoms. The Bertz CT molecular complexity index is 634. The summed E-state index contributed by atoms with van der Waals surface area (Å²) in [6.07, 6.45) is -1.01. The molecule has 18 heavy (non-hydrogen) atoms. The maximum Gasteiger partial charge on any atom is 0.130 e. The van der Waals surface area contributed by atoms with E-state index in [2.05, 4.69) is 12.1 Å². The van der Waals surface area contributed by atoms with Crippen LogP contribution < -0.4 is 5.73 Å². The average molecular weight is 242 g/mol. The summed E-state index contributed by atoms with van der Waals surface area (Å²) in [5.41, 5.74) is 7.52. The van der Waals surface area contributed by atoms with E-state index in [1.807, 2.05) is 41.0 Å². The van der Waals surface area contributed by atoms with Gasteiger partial charge < -0.3 is 10.3 Å². The predicted molar refractivity (Wildman–Crippen MR) is 73.4 cm³/mol. The summed E-state index contributed by atoms with van der Waals surface area (Å²) >= 11 is 0. The first-order valence-electron chi connectivity index (χ1n) is 6.11. The number of aromatic nitrogens is 1. The van der Waals surface area contributed by atoms with Crippen molar-refractivity contribution < 1.29 is 4.39 Å². The van der Waals surface area contributed by atoms with Gasteiger partial charge in [-0.1, -0.05) is 36.4 Å². The zero-order valence-electron chi connectivity index (χ0n) is 10.0. The number of hydrogen-bond donors (Lipinski definition) is 1. The maximum absolute atomic E-state index is 13.6. The molecule has 0 radical (unpaired) electrons. The smallest absolute Gasteiger partial charge is 0.130 e. The number of hydrogen-bond acceptors (Lipinski definition) is 1. The molecule has 1 unspecified atom stereocenters. The van der Waals surface area contributed by atoms with E-state index < -0.39 is 6.17 Å². The Balaban J connectivity index is 2.31. The molecule has 0 saturated carbocycles. The van der Waals surface area contributed by atoms with Crippen LogP contribution in [0.3, 0.4) is 0 Å². The van der Waals surface area contributed by atoms with Gasteiger partial charge in [-0.25, -0.2) is 4.39 Å². The molecule has 0 saturated heterocycles. The van der Waals surface area contributed by atoms with Crippen LogP contribution in [-0.4, -0.2) is 17.3 Å². The molecule has 1 heterocycles. The molecular formula is C15H15FN2. The van der Waals surface area contributed by atoms with E-state index >= 15 is 0 Å². The number of rotatable bonds is 3. The van der Waals surface area contributed by atoms with Gasteiger partial charge in [-0.2, -0.15) is 0 Å². The van der Waals surface area contributed by atoms with Gasteiger partial charge in [0.2, 0.25) is 0 Å². The first kappa shape index (κ1) is 11.2. The molecule has 0 bridgehead atoms. The van der Waals surface area contributed by atoms with Crippen molar-refractivity contribution in [2.45, 2.75) is 12.7 Å². The van der Waals surface area contributed by atoms with Crippen molar-refractivity contribution >= 4 is 21.8 Å². The van der Waals surface area contributed by atoms with Crippen LogP contribution >= 0.6 is 0 Å². The number of para-hydroxylation sites is 2. The van der Waals surface area contributed by atoms with E-state index in [0.29, 0.717) is 6.54 Å². The summed E-state index contributed by atoms with van der Waals surface area (Å²) < 4.78 is 15.6. The summed E-state index contributed by atoms with van der Waals surface area (Å²) in [6, 6.07) is 16.2. The molecule has 3 aromatic rings. The number of alkyl halides is 1. The lowest BCUT2D eigenvalue weighted by atomic mass is 10.2. The second-order valence-electron chi connectivity index (χ2n) is 4.48. The van der Waals surface area contributed by atoms with Gasteiger partial charge in [0, 0.05) is 28.4 Å². The molecule has 2 nitrogen and oxygen atoms in total. The lowest BCUT2D eigenvalue weighted by Crippen LogP contribution is -2.21. The Morgan fingerprint density at radius 3 is 1.94 bits per heavy atom. The molecule has 1 atom stereocenters. The Kier molecular flexibility index (Phi) is 2.76. The van der Waals surface area contributed by atoms with Crippen LogP contribution in [0.4, 0.5) is 4.39 Å². The van der Waals surface area contributed by atoms with Crippen molar-refractivity contribution in [3.63, 3.8) is 0 Å². The molecular weight excluding hydrogens is 227 g/mol. The van der Waals surface area contributed by atoms with Crippen LogP contribution in [-0.2, 0) is 6.54 Å². The zero-order valence-corrected chi connectivity index (χ0v) is 10.0. The third-order valence-electron chi connectivity index (χ3n) is 3.32. The highest BCUT2D eigenvalue weighted by atomic mass is 19.1. The standard InChI is InChI=1S/C15H15FN2/c16-11(9-17)10-18-14-7-3-1-5-12(14)13-6-2-4-8-15(13)18/h1-8,11H,9-10,17H2. The van der Waals surface area contributed by atoms with Crippen molar-refractivity contribution in [2.24, 2.45) is 5.73 Å². The van der Waals surface area contributed by atoms with Gasteiger partial charge >= 0.3 is 0 Å². The molecule has 0 aliphatic carbocycles. The van der Waals surface area contributed by atoms with E-state index in [0.717, 1.165) is 21.8 Å². The second-order valence-corrected chi connectivity index (χ2v) is 4.48. The Morgan fingerprint density at radius 1 is 0.944 bits per heavy atom. The van der Waals surface area contributed by atoms with Crippen LogP contribution in [0.25, 0.3) is 21.8 Å². The molecule has 0 spiro atoms. The second kappa shape index (κ2) is 4.42. The highest BCUT2D eigenvalue weighted by Crippen LogP contribution is 2.28. The minimum atomic E-state index is -1.01. The lowest BCUT2D eigenvalue weighted by molar-refractivity contribution is 0.309. The minimum Gasteiger partial charge on any atom is -0.337 e. The van der Waals surface area contributed by atoms with Crippen molar-refractivity contribution in [3.8, 4) is 0 Å². The van der Waals surface area contributed by atoms with Gasteiger partial charge in [-0.3, -0.25) is 0 Å². The quantitative estimate of drug-likeness (QED) is 0.751. The maximum atomic E-state index is 13.6. The summed E-state index contributed by atoms with van der Waals surface area (Å²) in [7, 11) is 0. The largest absolute Gasteiger partial charge is 0.337 e. The van der Waals surface area contributed by atoms with Gasteiger partial charge in [0.25, 0.3) is 0 Å². The van der Waals surface area contributed by atoms with E-state index in [1.165, 1.54) is 0 Å². The fourth-order valence-corrected chi connectivity index (χ4v) is 2.47. The molecule has 2 N–H and O–H groups in total. The number of nitrogens with two attached hydrogens (primary N) is 1. The first-order chi connectivity index (χ1) is 8.81. The monoisotopic (exact) mass is 242 g/mol. The topological polar surface area (TPSA) is 30.9 Å². The Hall–Kier alpha value is -1.87. The van der Waals surface area contributed by atoms with Gasteiger partial charge in [0.1, 0.15) is 6.17 Å². The summed E-state index contributed by atoms with van der Waals surface area (Å²) in [6.45, 7) is 0.366. The van der Waals surface area contributed by atoms with Crippen LogP contribution in [0.15, 0.2) is 48.5 Å². The van der Waals surface area contributed by atoms with Gasteiger partial charge in [0.05, 0.1) is 6.54 Å². The fraction of sp³-hybridized carbons (Fsp3) is 0.200. The van der Waals surface area contributed by atoms with Gasteiger partial charge in [-0.05, 0) is 12.1 Å². The summed E-state index contributed by atoms with van der Waals surface area (Å²) in [4.78, 5) is 0. The normalized spacial score (nSPS) is 13.2. The van der Waals surface area contributed by atoms with E-state index in [1.54, 1.807) is 0 Å². The van der Waals surface area contributed by atoms with Crippen molar-refractivity contribution in [2.75, 3.05) is 6.54 Å². The highest BCUT2D eigenvalue weighted by Gasteiger charge is 2.12. The number of fused-ring (bicyclic) bond motifs is 3. The van der Waals surface area contributed by atoms with Crippen LogP contribution in [0.1, 0.15) is 0 Å². The van der Waals surface area contributed by atoms with Crippen molar-refractivity contribution in [3.05, 3.63) is 48.5 Å². The Morgan fingerprint density at radius 2 is 1.44 bits per heavy atom. The fourth-order valence-electron chi connectivity index (χ4n) is 2.47. The van der Waals surface area contributed by atoms with E-state index in [9.17, 15) is 4.39 Å². The molecule has 3 rings (SSSR count). The third kappa shape index (κ3) is 1.68. The van der Waals surface area contributed by atoms with Gasteiger partial charge in [-0.15, -0.1) is 0 Å². The van der Waals surface area contributed by atoms with E-state index in [-0.39, 0.29) is 6.54 Å².